The summed E-state index contributed by atoms with van der Waals surface area (Å²) in [6.07, 6.45) is -0.117. The van der Waals surface area contributed by atoms with Crippen LogP contribution in [0.5, 0.6) is 0 Å². The summed E-state index contributed by atoms with van der Waals surface area (Å²) in [6, 6.07) is 6.29. The van der Waals surface area contributed by atoms with Crippen molar-refractivity contribution in [2.75, 3.05) is 0 Å². The normalized spacial score (nSPS) is 21.7. The first kappa shape index (κ1) is 17.5. The lowest BCUT2D eigenvalue weighted by molar-refractivity contribution is -0.385. The maximum Gasteiger partial charge on any atom is 0.285 e. The lowest BCUT2D eigenvalue weighted by Crippen LogP contribution is -2.49. The van der Waals surface area contributed by atoms with Crippen LogP contribution in [-0.2, 0) is 0 Å². The zero-order valence-electron chi connectivity index (χ0n) is 13.5. The Morgan fingerprint density at radius 2 is 1.92 bits per heavy atom. The van der Waals surface area contributed by atoms with Crippen LogP contribution in [-0.4, -0.2) is 26.5 Å². The fourth-order valence-electron chi connectivity index (χ4n) is 3.15. The Hall–Kier alpha value is -2.32. The molecule has 1 aliphatic rings. The number of rotatable bonds is 2. The molecule has 1 aromatic heterocycles. The van der Waals surface area contributed by atoms with Crippen molar-refractivity contribution >= 4 is 27.4 Å². The number of carbonyl (C=O) groups excluding carboxylic acids is 1. The van der Waals surface area contributed by atoms with Crippen molar-refractivity contribution in [2.24, 2.45) is 5.41 Å². The summed E-state index contributed by atoms with van der Waals surface area (Å²) in [5.74, 6) is -0.239. The summed E-state index contributed by atoms with van der Waals surface area (Å²) in [4.78, 5) is 35.6. The van der Waals surface area contributed by atoms with Crippen molar-refractivity contribution in [3.8, 4) is 0 Å². The second-order valence-electron chi connectivity index (χ2n) is 6.56. The van der Waals surface area contributed by atoms with Crippen LogP contribution < -0.4 is 5.56 Å². The molecular formula is C17H15BrN2O5. The standard InChI is InChI=1S/C17H15BrN2O5/c1-17(2)15(22)11-5-3-9(18)7-12(11)14(16(17)23)19-8-10(20(24)25)4-6-13(19)21/h3-8,14,16,23H,1-2H3. The molecule has 1 heterocycles. The number of aliphatic hydroxyl groups is 1. The predicted molar refractivity (Wildman–Crippen MR) is 93.8 cm³/mol. The number of nitro groups is 1. The van der Waals surface area contributed by atoms with E-state index in [-0.39, 0.29) is 11.5 Å². The molecule has 0 amide bonds. The van der Waals surface area contributed by atoms with Crippen LogP contribution in [0.3, 0.4) is 0 Å². The van der Waals surface area contributed by atoms with E-state index in [1.54, 1.807) is 32.0 Å². The number of nitrogens with zero attached hydrogens (tertiary/aromatic N) is 2. The number of aromatic nitrogens is 1. The van der Waals surface area contributed by atoms with E-state index in [1.165, 1.54) is 0 Å². The van der Waals surface area contributed by atoms with Crippen LogP contribution in [0.1, 0.15) is 35.8 Å². The number of hydrogen-bond acceptors (Lipinski definition) is 5. The number of carbonyl (C=O) groups is 1. The van der Waals surface area contributed by atoms with E-state index in [4.69, 9.17) is 0 Å². The molecule has 0 bridgehead atoms. The van der Waals surface area contributed by atoms with Gasteiger partial charge in [0.1, 0.15) is 0 Å². The van der Waals surface area contributed by atoms with E-state index >= 15 is 0 Å². The fourth-order valence-corrected chi connectivity index (χ4v) is 3.53. The number of ketones is 1. The van der Waals surface area contributed by atoms with Gasteiger partial charge in [-0.05, 0) is 37.6 Å². The molecule has 0 aliphatic heterocycles. The topological polar surface area (TPSA) is 102 Å². The van der Waals surface area contributed by atoms with Gasteiger partial charge in [-0.3, -0.25) is 24.3 Å². The van der Waals surface area contributed by atoms with Gasteiger partial charge < -0.3 is 5.11 Å². The van der Waals surface area contributed by atoms with E-state index in [0.29, 0.717) is 15.6 Å². The molecule has 25 heavy (non-hydrogen) atoms. The number of Topliss-reactive ketones (excluding diaryl/α,β-unsaturated/α-hetero) is 1. The van der Waals surface area contributed by atoms with Crippen molar-refractivity contribution in [1.82, 2.24) is 4.57 Å². The molecule has 0 spiro atoms. The molecule has 0 radical (unpaired) electrons. The third kappa shape index (κ3) is 2.71. The van der Waals surface area contributed by atoms with Crippen molar-refractivity contribution < 1.29 is 14.8 Å². The summed E-state index contributed by atoms with van der Waals surface area (Å²) in [5, 5.41) is 21.9. The second kappa shape index (κ2) is 5.89. The molecule has 0 saturated heterocycles. The Labute approximate surface area is 151 Å². The quantitative estimate of drug-likeness (QED) is 0.609. The number of fused-ring (bicyclic) bond motifs is 1. The van der Waals surface area contributed by atoms with Crippen LogP contribution in [0, 0.1) is 15.5 Å². The van der Waals surface area contributed by atoms with Gasteiger partial charge in [0.2, 0.25) is 0 Å². The average molecular weight is 407 g/mol. The van der Waals surface area contributed by atoms with Gasteiger partial charge >= 0.3 is 0 Å². The summed E-state index contributed by atoms with van der Waals surface area (Å²) >= 11 is 3.33. The van der Waals surface area contributed by atoms with Gasteiger partial charge in [0.25, 0.3) is 11.2 Å². The van der Waals surface area contributed by atoms with Crippen LogP contribution >= 0.6 is 15.9 Å². The highest BCUT2D eigenvalue weighted by molar-refractivity contribution is 9.10. The summed E-state index contributed by atoms with van der Waals surface area (Å²) in [6.45, 7) is 3.20. The molecule has 3 rings (SSSR count). The van der Waals surface area contributed by atoms with E-state index in [1.807, 2.05) is 0 Å². The fraction of sp³-hybridized carbons (Fsp3) is 0.294. The van der Waals surface area contributed by atoms with Gasteiger partial charge in [0.15, 0.2) is 5.78 Å². The molecule has 0 saturated carbocycles. The summed E-state index contributed by atoms with van der Waals surface area (Å²) < 4.78 is 1.80. The smallest absolute Gasteiger partial charge is 0.285 e. The largest absolute Gasteiger partial charge is 0.390 e. The third-order valence-corrected chi connectivity index (χ3v) is 5.13. The zero-order chi connectivity index (χ0) is 18.5. The van der Waals surface area contributed by atoms with Gasteiger partial charge in [0, 0.05) is 22.2 Å². The molecule has 7 nitrogen and oxygen atoms in total. The van der Waals surface area contributed by atoms with Gasteiger partial charge in [-0.2, -0.15) is 0 Å². The van der Waals surface area contributed by atoms with E-state index < -0.39 is 28.0 Å². The lowest BCUT2D eigenvalue weighted by atomic mass is 9.68. The SMILES string of the molecule is CC1(C)C(=O)c2ccc(Br)cc2C(n2cc([N+](=O)[O-])ccc2=O)C1O. The van der Waals surface area contributed by atoms with Crippen molar-refractivity contribution in [1.29, 1.82) is 0 Å². The van der Waals surface area contributed by atoms with Gasteiger partial charge in [-0.15, -0.1) is 0 Å². The van der Waals surface area contributed by atoms with Crippen LogP contribution in [0.15, 0.2) is 45.8 Å². The predicted octanol–water partition coefficient (Wildman–Crippen LogP) is 2.69. The first-order valence-electron chi connectivity index (χ1n) is 7.53. The summed E-state index contributed by atoms with van der Waals surface area (Å²) in [5.41, 5.74) is -1.06. The monoisotopic (exact) mass is 406 g/mol. The number of pyridine rings is 1. The Kier molecular flexibility index (Phi) is 4.12. The third-order valence-electron chi connectivity index (χ3n) is 4.63. The number of halogens is 1. The maximum absolute atomic E-state index is 12.7. The molecule has 1 N–H and O–H groups in total. The van der Waals surface area contributed by atoms with Crippen molar-refractivity contribution in [3.63, 3.8) is 0 Å². The maximum atomic E-state index is 12.7. The average Bonchev–Trinajstić information content (AvgIpc) is 2.55. The minimum atomic E-state index is -1.22. The van der Waals surface area contributed by atoms with Gasteiger partial charge in [-0.25, -0.2) is 0 Å². The Morgan fingerprint density at radius 1 is 1.24 bits per heavy atom. The highest BCUT2D eigenvalue weighted by atomic mass is 79.9. The van der Waals surface area contributed by atoms with Crippen LogP contribution in [0.2, 0.25) is 0 Å². The second-order valence-corrected chi connectivity index (χ2v) is 7.48. The minimum Gasteiger partial charge on any atom is -0.390 e. The Balaban J connectivity index is 2.32. The molecule has 2 aromatic rings. The number of benzene rings is 1. The minimum absolute atomic E-state index is 0.239. The molecule has 0 fully saturated rings. The summed E-state index contributed by atoms with van der Waals surface area (Å²) in [7, 11) is 0. The first-order valence-corrected chi connectivity index (χ1v) is 8.33. The van der Waals surface area contributed by atoms with Crippen LogP contribution in [0.25, 0.3) is 0 Å². The molecule has 8 heteroatoms. The zero-order valence-corrected chi connectivity index (χ0v) is 15.1. The van der Waals surface area contributed by atoms with E-state index in [0.717, 1.165) is 22.9 Å². The highest BCUT2D eigenvalue weighted by Gasteiger charge is 2.48. The lowest BCUT2D eigenvalue weighted by Gasteiger charge is -2.41. The van der Waals surface area contributed by atoms with Crippen LogP contribution in [0.4, 0.5) is 5.69 Å². The van der Waals surface area contributed by atoms with E-state index in [2.05, 4.69) is 15.9 Å². The molecule has 2 unspecified atom stereocenters. The first-order chi connectivity index (χ1) is 11.6. The Morgan fingerprint density at radius 3 is 2.56 bits per heavy atom. The van der Waals surface area contributed by atoms with Crippen molar-refractivity contribution in [3.05, 3.63) is 72.6 Å². The highest BCUT2D eigenvalue weighted by Crippen LogP contribution is 2.43. The van der Waals surface area contributed by atoms with Gasteiger partial charge in [-0.1, -0.05) is 15.9 Å². The molecule has 2 atom stereocenters. The number of hydrogen-bond donors (Lipinski definition) is 1. The molecule has 130 valence electrons. The molecule has 1 aromatic carbocycles. The van der Waals surface area contributed by atoms with E-state index in [9.17, 15) is 24.8 Å². The molecule has 1 aliphatic carbocycles. The number of aliphatic hydroxyl groups excluding tert-OH is 1. The van der Waals surface area contributed by atoms with Crippen molar-refractivity contribution in [2.45, 2.75) is 26.0 Å². The molecular weight excluding hydrogens is 392 g/mol. The Bertz CT molecular complexity index is 950. The van der Waals surface area contributed by atoms with Gasteiger partial charge in [0.05, 0.1) is 28.7 Å².